The van der Waals surface area contributed by atoms with Gasteiger partial charge in [-0.25, -0.2) is 0 Å². The summed E-state index contributed by atoms with van der Waals surface area (Å²) in [5.74, 6) is 1.00. The first-order chi connectivity index (χ1) is 13.2. The highest BCUT2D eigenvalue weighted by Crippen LogP contribution is 2.21. The molecule has 0 heterocycles. The van der Waals surface area contributed by atoms with E-state index in [1.807, 2.05) is 65.8 Å². The van der Waals surface area contributed by atoms with Crippen molar-refractivity contribution in [1.82, 2.24) is 0 Å². The van der Waals surface area contributed by atoms with E-state index in [1.54, 1.807) is 7.11 Å². The van der Waals surface area contributed by atoms with Gasteiger partial charge in [0.25, 0.3) is 0 Å². The third-order valence-corrected chi connectivity index (χ3v) is 3.08. The Hall–Kier alpha value is -1.80. The third-order valence-electron chi connectivity index (χ3n) is 3.08. The van der Waals surface area contributed by atoms with Crippen molar-refractivity contribution in [2.24, 2.45) is 0 Å². The minimum atomic E-state index is 1.00. The Kier molecular flexibility index (Phi) is 35.2. The maximum Gasteiger partial charge on any atom is 0.122 e. The van der Waals surface area contributed by atoms with Crippen molar-refractivity contribution in [2.75, 3.05) is 14.2 Å². The van der Waals surface area contributed by atoms with Crippen LogP contribution in [0.3, 0.4) is 0 Å². The zero-order valence-electron chi connectivity index (χ0n) is 19.9. The van der Waals surface area contributed by atoms with Gasteiger partial charge < -0.3 is 9.84 Å². The number of aliphatic hydroxyl groups is 1. The molecule has 1 N–H and O–H groups in total. The highest BCUT2D eigenvalue weighted by atomic mass is 16.5. The highest BCUT2D eigenvalue weighted by Gasteiger charge is 2.01. The summed E-state index contributed by atoms with van der Waals surface area (Å²) in [5.41, 5.74) is 4.00. The summed E-state index contributed by atoms with van der Waals surface area (Å²) in [4.78, 5) is 0. The van der Waals surface area contributed by atoms with E-state index in [0.717, 1.165) is 19.3 Å². The van der Waals surface area contributed by atoms with Crippen molar-refractivity contribution in [1.29, 1.82) is 0 Å². The Morgan fingerprint density at radius 1 is 0.741 bits per heavy atom. The second-order valence-electron chi connectivity index (χ2n) is 4.65. The van der Waals surface area contributed by atoms with Crippen molar-refractivity contribution in [3.63, 3.8) is 0 Å². The smallest absolute Gasteiger partial charge is 0.122 e. The second kappa shape index (κ2) is 29.0. The van der Waals surface area contributed by atoms with Crippen molar-refractivity contribution in [3.05, 3.63) is 65.2 Å². The van der Waals surface area contributed by atoms with Crippen LogP contribution < -0.4 is 4.74 Å². The lowest BCUT2D eigenvalue weighted by Crippen LogP contribution is -1.92. The fourth-order valence-corrected chi connectivity index (χ4v) is 1.96. The summed E-state index contributed by atoms with van der Waals surface area (Å²) in [6.45, 7) is 18.4. The predicted molar refractivity (Wildman–Crippen MR) is 125 cm³/mol. The number of ether oxygens (including phenoxy) is 1. The van der Waals surface area contributed by atoms with E-state index >= 15 is 0 Å². The normalized spacial score (nSPS) is 7.56. The van der Waals surface area contributed by atoms with Crippen LogP contribution in [0.2, 0.25) is 0 Å². The molecule has 0 atom stereocenters. The standard InChI is InChI=1S/C11H16O.C7H8.3C2H6.CH4O/c1-4-6-10-7-5-8-11(12-3)9(10)2;1-7-5-3-2-4-6-7;4*1-2/h5,7-8H,4,6H2,1-3H3;2-6H,1H3;3*1-2H3;2H,1H3. The van der Waals surface area contributed by atoms with Crippen LogP contribution in [0.4, 0.5) is 0 Å². The molecule has 2 nitrogen and oxygen atoms in total. The van der Waals surface area contributed by atoms with Gasteiger partial charge in [-0.2, -0.15) is 0 Å². The minimum absolute atomic E-state index is 1.00. The number of aliphatic hydroxyl groups excluding tert-OH is 1. The summed E-state index contributed by atoms with van der Waals surface area (Å²) in [7, 11) is 2.72. The molecule has 2 rings (SSSR count). The second-order valence-corrected chi connectivity index (χ2v) is 4.65. The van der Waals surface area contributed by atoms with Gasteiger partial charge in [0.1, 0.15) is 5.75 Å². The molecule has 0 saturated heterocycles. The quantitative estimate of drug-likeness (QED) is 0.594. The monoisotopic (exact) mass is 378 g/mol. The first-order valence-electron chi connectivity index (χ1n) is 10.3. The van der Waals surface area contributed by atoms with Gasteiger partial charge in [-0.1, -0.05) is 103 Å². The molecule has 0 fully saturated rings. The molecule has 158 valence electrons. The van der Waals surface area contributed by atoms with Crippen LogP contribution >= 0.6 is 0 Å². The topological polar surface area (TPSA) is 29.5 Å². The summed E-state index contributed by atoms with van der Waals surface area (Å²) in [5, 5.41) is 7.00. The van der Waals surface area contributed by atoms with E-state index in [0.29, 0.717) is 0 Å². The van der Waals surface area contributed by atoms with E-state index in [2.05, 4.69) is 45.0 Å². The molecule has 2 aromatic rings. The van der Waals surface area contributed by atoms with Gasteiger partial charge in [-0.05, 0) is 37.5 Å². The van der Waals surface area contributed by atoms with Crippen molar-refractivity contribution >= 4 is 0 Å². The molecule has 0 saturated carbocycles. The third kappa shape index (κ3) is 18.8. The minimum Gasteiger partial charge on any atom is -0.496 e. The molecule has 0 aliphatic carbocycles. The van der Waals surface area contributed by atoms with Crippen molar-refractivity contribution in [3.8, 4) is 5.75 Å². The van der Waals surface area contributed by atoms with E-state index in [9.17, 15) is 0 Å². The first-order valence-corrected chi connectivity index (χ1v) is 10.3. The summed E-state index contributed by atoms with van der Waals surface area (Å²) in [6.07, 6.45) is 2.33. The molecular weight excluding hydrogens is 332 g/mol. The van der Waals surface area contributed by atoms with Crippen LogP contribution in [0, 0.1) is 13.8 Å². The number of methoxy groups -OCH3 is 1. The van der Waals surface area contributed by atoms with Gasteiger partial charge >= 0.3 is 0 Å². The average molecular weight is 379 g/mol. The number of hydrogen-bond acceptors (Lipinski definition) is 2. The zero-order valence-corrected chi connectivity index (χ0v) is 19.9. The fraction of sp³-hybridized carbons (Fsp3) is 0.520. The van der Waals surface area contributed by atoms with Gasteiger partial charge in [-0.3, -0.25) is 0 Å². The molecule has 0 aliphatic rings. The van der Waals surface area contributed by atoms with E-state index in [-0.39, 0.29) is 0 Å². The lowest BCUT2D eigenvalue weighted by molar-refractivity contribution is 0.399. The molecule has 0 aliphatic heterocycles. The molecule has 0 unspecified atom stereocenters. The number of aryl methyl sites for hydroxylation is 2. The lowest BCUT2D eigenvalue weighted by Gasteiger charge is -2.08. The Bertz CT molecular complexity index is 479. The van der Waals surface area contributed by atoms with E-state index in [4.69, 9.17) is 9.84 Å². The largest absolute Gasteiger partial charge is 0.496 e. The molecule has 0 spiro atoms. The van der Waals surface area contributed by atoms with Crippen molar-refractivity contribution < 1.29 is 9.84 Å². The summed E-state index contributed by atoms with van der Waals surface area (Å²) in [6, 6.07) is 16.5. The molecule has 2 heteroatoms. The Morgan fingerprint density at radius 2 is 1.22 bits per heavy atom. The van der Waals surface area contributed by atoms with E-state index in [1.165, 1.54) is 23.1 Å². The van der Waals surface area contributed by atoms with Crippen LogP contribution in [-0.4, -0.2) is 19.3 Å². The lowest BCUT2D eigenvalue weighted by atomic mass is 10.0. The van der Waals surface area contributed by atoms with Crippen LogP contribution in [-0.2, 0) is 6.42 Å². The van der Waals surface area contributed by atoms with Crippen molar-refractivity contribution in [2.45, 2.75) is 75.2 Å². The van der Waals surface area contributed by atoms with Gasteiger partial charge in [-0.15, -0.1) is 0 Å². The van der Waals surface area contributed by atoms with Crippen LogP contribution in [0.25, 0.3) is 0 Å². The van der Waals surface area contributed by atoms with Gasteiger partial charge in [0.2, 0.25) is 0 Å². The number of hydrogen-bond donors (Lipinski definition) is 1. The average Bonchev–Trinajstić information content (AvgIpc) is 2.76. The maximum absolute atomic E-state index is 7.00. The SMILES string of the molecule is CC.CC.CC.CCCc1cccc(OC)c1C.CO.Cc1ccccc1. The molecule has 27 heavy (non-hydrogen) atoms. The molecular formula is C25H46O2. The Labute approximate surface area is 170 Å². The van der Waals surface area contributed by atoms with Crippen LogP contribution in [0.15, 0.2) is 48.5 Å². The predicted octanol–water partition coefficient (Wildman–Crippen LogP) is 7.64. The maximum atomic E-state index is 7.00. The first kappa shape index (κ1) is 32.8. The Balaban J connectivity index is -0.000000151. The molecule has 0 radical (unpaired) electrons. The van der Waals surface area contributed by atoms with Gasteiger partial charge in [0.15, 0.2) is 0 Å². The zero-order chi connectivity index (χ0) is 22.1. The summed E-state index contributed by atoms with van der Waals surface area (Å²) < 4.78 is 5.23. The van der Waals surface area contributed by atoms with Gasteiger partial charge in [0.05, 0.1) is 7.11 Å². The Morgan fingerprint density at radius 3 is 1.56 bits per heavy atom. The van der Waals surface area contributed by atoms with Crippen LogP contribution in [0.5, 0.6) is 5.75 Å². The van der Waals surface area contributed by atoms with E-state index < -0.39 is 0 Å². The van der Waals surface area contributed by atoms with Crippen LogP contribution in [0.1, 0.15) is 71.6 Å². The molecule has 2 aromatic carbocycles. The summed E-state index contributed by atoms with van der Waals surface area (Å²) >= 11 is 0. The molecule has 0 bridgehead atoms. The number of rotatable bonds is 3. The molecule has 0 amide bonds. The highest BCUT2D eigenvalue weighted by molar-refractivity contribution is 5.39. The molecule has 0 aromatic heterocycles. The van der Waals surface area contributed by atoms with Gasteiger partial charge in [0, 0.05) is 7.11 Å². The number of benzene rings is 2. The fourth-order valence-electron chi connectivity index (χ4n) is 1.96.